The maximum Gasteiger partial charge on any atom is 0.241 e. The summed E-state index contributed by atoms with van der Waals surface area (Å²) in [7, 11) is -2.25. The van der Waals surface area contributed by atoms with Crippen molar-refractivity contribution in [3.63, 3.8) is 0 Å². The van der Waals surface area contributed by atoms with Crippen LogP contribution >= 0.6 is 22.9 Å². The predicted octanol–water partition coefficient (Wildman–Crippen LogP) is 5.47. The summed E-state index contributed by atoms with van der Waals surface area (Å²) in [5.74, 6) is -0.0460. The van der Waals surface area contributed by atoms with Crippen molar-refractivity contribution in [2.75, 3.05) is 13.7 Å². The number of halogens is 1. The monoisotopic (exact) mass is 771 g/mol. The third kappa shape index (κ3) is 6.58. The minimum absolute atomic E-state index is 0.0281. The number of methoxy groups -OCH3 is 1. The standard InChI is InChI=1S/C37H46ClN5O7S2/c1-7-20-14-37(20,36(46)42-52(47,48)21-8-9-21)15-27(44)25-13-30(26-16-39-32(19(4)5)35(45)43(25)26)50-29-12-23(34-41-24(17-51-34)18(2)3)40-33-22(29)10-11-28(49-6)31(33)38/h10-12,17-21,25-26,30,32,39H,7-9,13-16H2,1-6H3,(H,42,46)/t20-,25+,26-,30-,32-,37-/m1/s1. The van der Waals surface area contributed by atoms with Gasteiger partial charge in [0.1, 0.15) is 33.3 Å². The van der Waals surface area contributed by atoms with Crippen molar-refractivity contribution in [1.29, 1.82) is 0 Å². The van der Waals surface area contributed by atoms with Gasteiger partial charge < -0.3 is 19.7 Å². The number of rotatable bonds is 13. The van der Waals surface area contributed by atoms with Crippen LogP contribution in [0.25, 0.3) is 21.6 Å². The molecular weight excluding hydrogens is 726 g/mol. The van der Waals surface area contributed by atoms with Crippen LogP contribution in [0.5, 0.6) is 11.5 Å². The molecule has 12 nitrogen and oxygen atoms in total. The highest BCUT2D eigenvalue weighted by atomic mass is 35.5. The molecule has 2 aliphatic carbocycles. The number of ether oxygens (including phenoxy) is 2. The zero-order valence-corrected chi connectivity index (χ0v) is 32.7. The van der Waals surface area contributed by atoms with Crippen LogP contribution in [0.15, 0.2) is 23.6 Å². The van der Waals surface area contributed by atoms with E-state index in [-0.39, 0.29) is 42.3 Å². The molecular formula is C37H46ClN5O7S2. The third-order valence-corrected chi connectivity index (χ3v) is 14.3. The summed E-state index contributed by atoms with van der Waals surface area (Å²) in [5, 5.41) is 6.51. The first-order valence-electron chi connectivity index (χ1n) is 18.1. The average molecular weight is 772 g/mol. The van der Waals surface area contributed by atoms with E-state index in [4.69, 9.17) is 31.0 Å². The van der Waals surface area contributed by atoms with Crippen LogP contribution in [0.4, 0.5) is 0 Å². The molecule has 4 fully saturated rings. The number of carbonyl (C=O) groups excluding carboxylic acids is 3. The van der Waals surface area contributed by atoms with Crippen LogP contribution in [-0.4, -0.2) is 84.0 Å². The lowest BCUT2D eigenvalue weighted by atomic mass is 9.90. The predicted molar refractivity (Wildman–Crippen MR) is 199 cm³/mol. The average Bonchev–Trinajstić information content (AvgIpc) is 3.99. The molecule has 280 valence electrons. The second kappa shape index (κ2) is 13.8. The highest BCUT2D eigenvalue weighted by molar-refractivity contribution is 7.90. The molecule has 1 aromatic carbocycles. The Morgan fingerprint density at radius 3 is 2.54 bits per heavy atom. The molecule has 0 unspecified atom stereocenters. The molecule has 6 atom stereocenters. The number of fused-ring (bicyclic) bond motifs is 2. The molecule has 2 saturated carbocycles. The van der Waals surface area contributed by atoms with Gasteiger partial charge in [0.15, 0.2) is 5.78 Å². The molecule has 4 aliphatic rings. The molecule has 2 saturated heterocycles. The van der Waals surface area contributed by atoms with Crippen molar-refractivity contribution < 1.29 is 32.3 Å². The van der Waals surface area contributed by atoms with Crippen molar-refractivity contribution in [2.24, 2.45) is 17.3 Å². The SMILES string of the molecule is CC[C@@H]1C[C@]1(CC(=O)[C@@H]1C[C@@H](Oc2cc(-c3nc(C(C)C)cs3)nc3c(Cl)c(OC)ccc23)[C@H]2CN[C@H](C(C)C)C(=O)N21)C(=O)NS(=O)(=O)C1CC1. The number of hydrogen-bond acceptors (Lipinski definition) is 11. The van der Waals surface area contributed by atoms with Gasteiger partial charge in [0.25, 0.3) is 0 Å². The zero-order chi connectivity index (χ0) is 37.3. The van der Waals surface area contributed by atoms with E-state index in [2.05, 4.69) is 23.9 Å². The summed E-state index contributed by atoms with van der Waals surface area (Å²) in [5.41, 5.74) is 0.871. The largest absolute Gasteiger partial charge is 0.495 e. The number of thiazole rings is 1. The summed E-state index contributed by atoms with van der Waals surface area (Å²) in [6.45, 7) is 10.4. The molecule has 2 N–H and O–H groups in total. The van der Waals surface area contributed by atoms with E-state index in [1.54, 1.807) is 11.0 Å². The Labute approximate surface area is 313 Å². The quantitative estimate of drug-likeness (QED) is 0.228. The number of Topliss-reactive ketones (excluding diaryl/α,β-unsaturated/α-hetero) is 1. The molecule has 2 aromatic heterocycles. The Bertz CT molecular complexity index is 2030. The van der Waals surface area contributed by atoms with Crippen molar-refractivity contribution >= 4 is 61.5 Å². The first-order valence-corrected chi connectivity index (χ1v) is 20.9. The van der Waals surface area contributed by atoms with Crippen LogP contribution in [0.1, 0.15) is 84.8 Å². The van der Waals surface area contributed by atoms with E-state index in [9.17, 15) is 22.8 Å². The fourth-order valence-corrected chi connectivity index (χ4v) is 10.5. The lowest BCUT2D eigenvalue weighted by molar-refractivity contribution is -0.146. The van der Waals surface area contributed by atoms with Crippen molar-refractivity contribution in [3.05, 3.63) is 34.3 Å². The van der Waals surface area contributed by atoms with Gasteiger partial charge in [0, 0.05) is 36.2 Å². The number of aromatic nitrogens is 2. The smallest absolute Gasteiger partial charge is 0.241 e. The van der Waals surface area contributed by atoms with Gasteiger partial charge in [-0.1, -0.05) is 52.6 Å². The van der Waals surface area contributed by atoms with Gasteiger partial charge >= 0.3 is 0 Å². The van der Waals surface area contributed by atoms with E-state index < -0.39 is 50.8 Å². The first kappa shape index (κ1) is 37.0. The normalized spacial score (nSPS) is 27.3. The number of benzene rings is 1. The van der Waals surface area contributed by atoms with E-state index in [0.29, 0.717) is 70.4 Å². The molecule has 0 bridgehead atoms. The lowest BCUT2D eigenvalue weighted by Gasteiger charge is -2.40. The van der Waals surface area contributed by atoms with Gasteiger partial charge in [-0.3, -0.25) is 19.1 Å². The van der Waals surface area contributed by atoms with E-state index in [1.807, 2.05) is 38.3 Å². The van der Waals surface area contributed by atoms with Gasteiger partial charge in [0.2, 0.25) is 21.8 Å². The van der Waals surface area contributed by atoms with Crippen LogP contribution < -0.4 is 19.5 Å². The highest BCUT2D eigenvalue weighted by Gasteiger charge is 2.62. The zero-order valence-electron chi connectivity index (χ0n) is 30.3. The number of sulfonamides is 1. The Kier molecular flexibility index (Phi) is 9.84. The second-order valence-corrected chi connectivity index (χ2v) is 18.5. The molecule has 52 heavy (non-hydrogen) atoms. The summed E-state index contributed by atoms with van der Waals surface area (Å²) >= 11 is 8.30. The van der Waals surface area contributed by atoms with Crippen LogP contribution in [0.3, 0.4) is 0 Å². The van der Waals surface area contributed by atoms with Crippen molar-refractivity contribution in [2.45, 2.75) is 109 Å². The van der Waals surface area contributed by atoms with Gasteiger partial charge in [-0.25, -0.2) is 18.4 Å². The van der Waals surface area contributed by atoms with Crippen molar-refractivity contribution in [1.82, 2.24) is 24.9 Å². The molecule has 0 spiro atoms. The topological polar surface area (TPSA) is 157 Å². The van der Waals surface area contributed by atoms with E-state index >= 15 is 0 Å². The number of amides is 2. The summed E-state index contributed by atoms with van der Waals surface area (Å²) < 4.78 is 40.1. The van der Waals surface area contributed by atoms with Crippen LogP contribution in [0, 0.1) is 17.3 Å². The highest BCUT2D eigenvalue weighted by Crippen LogP contribution is 2.58. The maximum atomic E-state index is 14.4. The molecule has 15 heteroatoms. The fraction of sp³-hybridized carbons (Fsp3) is 0.595. The van der Waals surface area contributed by atoms with Gasteiger partial charge in [0.05, 0.1) is 47.1 Å². The Morgan fingerprint density at radius 2 is 1.92 bits per heavy atom. The molecule has 3 aromatic rings. The Hall–Kier alpha value is -3.33. The number of ketones is 1. The molecule has 2 aliphatic heterocycles. The molecule has 4 heterocycles. The van der Waals surface area contributed by atoms with E-state index in [0.717, 1.165) is 5.69 Å². The number of pyridine rings is 1. The number of carbonyl (C=O) groups is 3. The van der Waals surface area contributed by atoms with Crippen LogP contribution in [-0.2, 0) is 24.4 Å². The number of nitrogens with one attached hydrogen (secondary N) is 2. The maximum absolute atomic E-state index is 14.4. The Balaban J connectivity index is 1.23. The minimum atomic E-state index is -3.79. The van der Waals surface area contributed by atoms with Gasteiger partial charge in [-0.05, 0) is 49.1 Å². The number of nitrogens with zero attached hydrogens (tertiary/aromatic N) is 3. The van der Waals surface area contributed by atoms with Crippen molar-refractivity contribution in [3.8, 4) is 22.2 Å². The summed E-state index contributed by atoms with van der Waals surface area (Å²) in [4.78, 5) is 53.5. The van der Waals surface area contributed by atoms with Gasteiger partial charge in [-0.15, -0.1) is 11.3 Å². The Morgan fingerprint density at radius 1 is 1.17 bits per heavy atom. The number of piperazine rings is 1. The molecule has 0 radical (unpaired) electrons. The van der Waals surface area contributed by atoms with Crippen LogP contribution in [0.2, 0.25) is 5.02 Å². The first-order chi connectivity index (χ1) is 24.7. The number of hydrogen-bond donors (Lipinski definition) is 2. The summed E-state index contributed by atoms with van der Waals surface area (Å²) in [6, 6.07) is 3.59. The third-order valence-electron chi connectivity index (χ3n) is 11.2. The molecule has 7 rings (SSSR count). The fourth-order valence-electron chi connectivity index (χ4n) is 7.90. The van der Waals surface area contributed by atoms with E-state index in [1.165, 1.54) is 18.4 Å². The second-order valence-electron chi connectivity index (χ2n) is 15.4. The minimum Gasteiger partial charge on any atom is -0.495 e. The summed E-state index contributed by atoms with van der Waals surface area (Å²) in [6.07, 6.45) is 1.56. The van der Waals surface area contributed by atoms with Gasteiger partial charge in [-0.2, -0.15) is 0 Å². The molecule has 2 amide bonds. The lowest BCUT2D eigenvalue weighted by Crippen LogP contribution is -2.64.